The van der Waals surface area contributed by atoms with Crippen LogP contribution in [0.3, 0.4) is 0 Å². The molecule has 1 heterocycles. The van der Waals surface area contributed by atoms with Crippen molar-refractivity contribution in [2.24, 2.45) is 4.99 Å². The topological polar surface area (TPSA) is 62.5 Å². The van der Waals surface area contributed by atoms with Crippen molar-refractivity contribution in [2.75, 3.05) is 12.8 Å². The fraction of sp³-hybridized carbons (Fsp3) is 0.750. The largest absolute Gasteiger partial charge is 0.359 e. The van der Waals surface area contributed by atoms with E-state index >= 15 is 0 Å². The molecule has 1 aliphatic carbocycles. The lowest BCUT2D eigenvalue weighted by Crippen LogP contribution is -2.45. The van der Waals surface area contributed by atoms with Gasteiger partial charge >= 0.3 is 0 Å². The number of nitrogens with zero attached hydrogens (tertiary/aromatic N) is 2. The minimum atomic E-state index is 0.518. The van der Waals surface area contributed by atoms with Crippen LogP contribution in [0.1, 0.15) is 51.0 Å². The van der Waals surface area contributed by atoms with Crippen LogP contribution in [0, 0.1) is 0 Å². The van der Waals surface area contributed by atoms with E-state index in [9.17, 15) is 0 Å². The van der Waals surface area contributed by atoms with Crippen molar-refractivity contribution in [1.29, 1.82) is 0 Å². The van der Waals surface area contributed by atoms with E-state index in [-0.39, 0.29) is 0 Å². The summed E-state index contributed by atoms with van der Waals surface area (Å²) in [5.74, 6) is 2.90. The number of hydrogen-bond acceptors (Lipinski definition) is 4. The lowest BCUT2D eigenvalue weighted by Gasteiger charge is -2.30. The molecule has 2 atom stereocenters. The maximum Gasteiger partial charge on any atom is 0.191 e. The van der Waals surface area contributed by atoms with E-state index in [1.807, 2.05) is 13.1 Å². The average molecular weight is 324 g/mol. The molecule has 5 nitrogen and oxygen atoms in total. The minimum Gasteiger partial charge on any atom is -0.359 e. The van der Waals surface area contributed by atoms with Crippen LogP contribution in [0.15, 0.2) is 15.6 Å². The molecular weight excluding hydrogens is 296 g/mol. The Balaban J connectivity index is 1.79. The molecule has 0 saturated heterocycles. The number of aryl methyl sites for hydroxylation is 1. The van der Waals surface area contributed by atoms with Crippen LogP contribution < -0.4 is 10.6 Å². The summed E-state index contributed by atoms with van der Waals surface area (Å²) in [5, 5.41) is 11.7. The van der Waals surface area contributed by atoms with Crippen LogP contribution in [0.4, 0.5) is 0 Å². The molecule has 0 aliphatic heterocycles. The highest BCUT2D eigenvalue weighted by atomic mass is 32.2. The van der Waals surface area contributed by atoms with E-state index in [0.717, 1.165) is 29.1 Å². The van der Waals surface area contributed by atoms with Gasteiger partial charge in [0.25, 0.3) is 0 Å². The number of thioether (sulfide) groups is 1. The second kappa shape index (κ2) is 9.08. The minimum absolute atomic E-state index is 0.518. The molecule has 0 aromatic carbocycles. The molecule has 0 bridgehead atoms. The van der Waals surface area contributed by atoms with Gasteiger partial charge in [-0.05, 0) is 31.4 Å². The molecule has 0 spiro atoms. The lowest BCUT2D eigenvalue weighted by molar-refractivity contribution is 0.373. The third-order valence-corrected chi connectivity index (χ3v) is 5.23. The molecule has 22 heavy (non-hydrogen) atoms. The van der Waals surface area contributed by atoms with Crippen molar-refractivity contribution in [3.8, 4) is 0 Å². The molecular formula is C16H28N4OS. The Hall–Kier alpha value is -1.17. The van der Waals surface area contributed by atoms with Gasteiger partial charge in [-0.25, -0.2) is 0 Å². The fourth-order valence-corrected chi connectivity index (χ4v) is 4.00. The highest BCUT2D eigenvalue weighted by Gasteiger charge is 2.22. The first-order valence-electron chi connectivity index (χ1n) is 8.28. The van der Waals surface area contributed by atoms with E-state index in [1.165, 1.54) is 31.4 Å². The van der Waals surface area contributed by atoms with Gasteiger partial charge in [-0.15, -0.1) is 0 Å². The Labute approximate surface area is 137 Å². The molecule has 1 aromatic rings. The van der Waals surface area contributed by atoms with Gasteiger partial charge in [-0.1, -0.05) is 25.4 Å². The second-order valence-electron chi connectivity index (χ2n) is 5.65. The van der Waals surface area contributed by atoms with Crippen molar-refractivity contribution < 1.29 is 4.52 Å². The van der Waals surface area contributed by atoms with Crippen LogP contribution in [0.25, 0.3) is 0 Å². The van der Waals surface area contributed by atoms with Crippen molar-refractivity contribution in [1.82, 2.24) is 15.8 Å². The van der Waals surface area contributed by atoms with Crippen molar-refractivity contribution in [3.63, 3.8) is 0 Å². The molecule has 1 aliphatic rings. The lowest BCUT2D eigenvalue weighted by atomic mass is 9.95. The van der Waals surface area contributed by atoms with Crippen LogP contribution in [0.5, 0.6) is 0 Å². The van der Waals surface area contributed by atoms with E-state index in [4.69, 9.17) is 4.52 Å². The smallest absolute Gasteiger partial charge is 0.191 e. The number of nitrogens with one attached hydrogen (secondary N) is 2. The van der Waals surface area contributed by atoms with E-state index in [2.05, 4.69) is 46.4 Å². The summed E-state index contributed by atoms with van der Waals surface area (Å²) >= 11 is 2.08. The monoisotopic (exact) mass is 324 g/mol. The summed E-state index contributed by atoms with van der Waals surface area (Å²) in [7, 11) is 1.81. The van der Waals surface area contributed by atoms with E-state index in [1.54, 1.807) is 0 Å². The van der Waals surface area contributed by atoms with Gasteiger partial charge < -0.3 is 15.2 Å². The summed E-state index contributed by atoms with van der Waals surface area (Å²) in [5.41, 5.74) is 0.992. The summed E-state index contributed by atoms with van der Waals surface area (Å²) in [6.07, 6.45) is 6.00. The second-order valence-corrected chi connectivity index (χ2v) is 7.23. The fourth-order valence-electron chi connectivity index (χ4n) is 2.83. The van der Waals surface area contributed by atoms with Gasteiger partial charge in [-0.3, -0.25) is 4.99 Å². The first-order chi connectivity index (χ1) is 10.7. The van der Waals surface area contributed by atoms with Crippen molar-refractivity contribution >= 4 is 17.7 Å². The molecule has 1 saturated carbocycles. The number of rotatable bonds is 6. The Morgan fingerprint density at radius 3 is 3.00 bits per heavy atom. The zero-order valence-electron chi connectivity index (χ0n) is 13.9. The normalized spacial score (nSPS) is 22.6. The molecule has 1 aromatic heterocycles. The maximum atomic E-state index is 5.29. The molecule has 1 fully saturated rings. The Bertz CT molecular complexity index is 472. The molecule has 124 valence electrons. The molecule has 2 N–H and O–H groups in total. The Morgan fingerprint density at radius 1 is 1.45 bits per heavy atom. The summed E-state index contributed by atoms with van der Waals surface area (Å²) < 4.78 is 5.29. The van der Waals surface area contributed by atoms with Crippen LogP contribution in [0.2, 0.25) is 0 Å². The van der Waals surface area contributed by atoms with Gasteiger partial charge in [-0.2, -0.15) is 11.8 Å². The van der Waals surface area contributed by atoms with Gasteiger partial charge in [0, 0.05) is 24.4 Å². The van der Waals surface area contributed by atoms with Gasteiger partial charge in [0.2, 0.25) is 0 Å². The Kier molecular flexibility index (Phi) is 7.09. The molecule has 2 unspecified atom stereocenters. The standard InChI is InChI=1S/C16H28N4OS/c1-4-12-9-14(21-20-12)11-18-16(17-3)19-13-7-6-8-15(10-13)22-5-2/h9,13,15H,4-8,10-11H2,1-3H3,(H2,17,18,19). The van der Waals surface area contributed by atoms with E-state index < -0.39 is 0 Å². The highest BCUT2D eigenvalue weighted by molar-refractivity contribution is 7.99. The molecule has 2 rings (SSSR count). The first kappa shape index (κ1) is 17.2. The number of aromatic nitrogens is 1. The number of aliphatic imine (C=N–C) groups is 1. The third-order valence-electron chi connectivity index (χ3n) is 3.99. The first-order valence-corrected chi connectivity index (χ1v) is 9.33. The van der Waals surface area contributed by atoms with Gasteiger partial charge in [0.05, 0.1) is 12.2 Å². The van der Waals surface area contributed by atoms with Crippen LogP contribution >= 0.6 is 11.8 Å². The number of hydrogen-bond donors (Lipinski definition) is 2. The third kappa shape index (κ3) is 5.23. The van der Waals surface area contributed by atoms with Crippen molar-refractivity contribution in [2.45, 2.75) is 63.8 Å². The van der Waals surface area contributed by atoms with E-state index in [0.29, 0.717) is 12.6 Å². The Morgan fingerprint density at radius 2 is 2.32 bits per heavy atom. The van der Waals surface area contributed by atoms with Gasteiger partial charge in [0.1, 0.15) is 0 Å². The SMILES string of the molecule is CCSC1CCCC(NC(=NC)NCc2cc(CC)no2)C1. The number of guanidine groups is 1. The molecule has 0 radical (unpaired) electrons. The zero-order chi connectivity index (χ0) is 15.8. The van der Waals surface area contributed by atoms with Crippen molar-refractivity contribution in [3.05, 3.63) is 17.5 Å². The summed E-state index contributed by atoms with van der Waals surface area (Å²) in [4.78, 5) is 4.32. The predicted octanol–water partition coefficient (Wildman–Crippen LogP) is 2.97. The van der Waals surface area contributed by atoms with Crippen LogP contribution in [-0.2, 0) is 13.0 Å². The molecule has 6 heteroatoms. The summed E-state index contributed by atoms with van der Waals surface area (Å²) in [6.45, 7) is 4.93. The van der Waals surface area contributed by atoms with Crippen LogP contribution in [-0.4, -0.2) is 35.2 Å². The average Bonchev–Trinajstić information content (AvgIpc) is 3.00. The highest BCUT2D eigenvalue weighted by Crippen LogP contribution is 2.28. The quantitative estimate of drug-likeness (QED) is 0.622. The maximum absolute atomic E-state index is 5.29. The zero-order valence-corrected chi connectivity index (χ0v) is 14.7. The van der Waals surface area contributed by atoms with Gasteiger partial charge in [0.15, 0.2) is 11.7 Å². The summed E-state index contributed by atoms with van der Waals surface area (Å²) in [6, 6.07) is 2.51. The molecule has 0 amide bonds. The predicted molar refractivity (Wildman–Crippen MR) is 93.4 cm³/mol.